The number of nitrogen functional groups attached to an aromatic ring is 2. The van der Waals surface area contributed by atoms with Crippen LogP contribution in [0.1, 0.15) is 21.0 Å². The van der Waals surface area contributed by atoms with Gasteiger partial charge in [0, 0.05) is 24.8 Å². The van der Waals surface area contributed by atoms with Gasteiger partial charge in [0.1, 0.15) is 11.4 Å². The molecule has 0 aromatic carbocycles. The summed E-state index contributed by atoms with van der Waals surface area (Å²) in [5, 5.41) is 20.3. The van der Waals surface area contributed by atoms with Crippen molar-refractivity contribution in [2.24, 2.45) is 0 Å². The molecule has 120 valence electrons. The Bertz CT molecular complexity index is 580. The van der Waals surface area contributed by atoms with Gasteiger partial charge in [0.05, 0.1) is 11.9 Å². The summed E-state index contributed by atoms with van der Waals surface area (Å²) < 4.78 is 0. The highest BCUT2D eigenvalue weighted by molar-refractivity contribution is 5.88. The zero-order valence-electron chi connectivity index (χ0n) is 11.9. The molecule has 2 rings (SSSR count). The number of carboxylic acids is 2. The van der Waals surface area contributed by atoms with E-state index in [0.717, 1.165) is 0 Å². The van der Waals surface area contributed by atoms with Gasteiger partial charge < -0.3 is 43.6 Å². The molecule has 0 aliphatic rings. The predicted octanol–water partition coefficient (Wildman–Crippen LogP) is -2.40. The average molecular weight is 312 g/mol. The van der Waals surface area contributed by atoms with Crippen LogP contribution in [0.5, 0.6) is 0 Å². The molecule has 0 spiro atoms. The lowest BCUT2D eigenvalue weighted by Gasteiger charge is -2.01. The van der Waals surface area contributed by atoms with Crippen molar-refractivity contribution >= 4 is 23.6 Å². The first kappa shape index (κ1) is 20.9. The van der Waals surface area contributed by atoms with Crippen molar-refractivity contribution in [3.8, 4) is 0 Å². The molecule has 0 atom stereocenters. The molecule has 12 N–H and O–H groups in total. The number of carbonyl (C=O) groups excluding carboxylic acids is 2. The van der Waals surface area contributed by atoms with Crippen LogP contribution in [0.3, 0.4) is 0 Å². The third kappa shape index (κ3) is 5.72. The maximum absolute atomic E-state index is 10.1. The van der Waals surface area contributed by atoms with E-state index in [4.69, 9.17) is 11.5 Å². The van der Waals surface area contributed by atoms with Crippen LogP contribution in [0, 0.1) is 0 Å². The number of quaternary nitrogens is 2. The molecule has 12 heteroatoms. The van der Waals surface area contributed by atoms with Gasteiger partial charge in [0.2, 0.25) is 0 Å². The maximum atomic E-state index is 10.1. The second-order valence-electron chi connectivity index (χ2n) is 3.16. The van der Waals surface area contributed by atoms with E-state index >= 15 is 0 Å². The zero-order chi connectivity index (χ0) is 15.1. The minimum absolute atomic E-state index is 0. The molecular formula is C10H16N8O4. The quantitative estimate of drug-likeness (QED) is 0.456. The van der Waals surface area contributed by atoms with E-state index in [1.165, 1.54) is 24.8 Å². The summed E-state index contributed by atoms with van der Waals surface area (Å²) >= 11 is 0. The van der Waals surface area contributed by atoms with Gasteiger partial charge >= 0.3 is 0 Å². The van der Waals surface area contributed by atoms with Crippen LogP contribution in [0.15, 0.2) is 24.8 Å². The molecule has 2 aromatic rings. The average Bonchev–Trinajstić information content (AvgIpc) is 2.40. The molecule has 0 radical (unpaired) electrons. The Kier molecular flexibility index (Phi) is 9.05. The number of hydrogen-bond donors (Lipinski definition) is 4. The van der Waals surface area contributed by atoms with E-state index in [0.29, 0.717) is 0 Å². The molecule has 12 nitrogen and oxygen atoms in total. The Morgan fingerprint density at radius 1 is 0.727 bits per heavy atom. The van der Waals surface area contributed by atoms with E-state index in [-0.39, 0.29) is 35.3 Å². The van der Waals surface area contributed by atoms with Crippen molar-refractivity contribution in [3.05, 3.63) is 36.2 Å². The molecule has 0 bridgehead atoms. The number of hydrogen-bond acceptors (Lipinski definition) is 10. The molecule has 0 aliphatic heterocycles. The van der Waals surface area contributed by atoms with Gasteiger partial charge in [0.25, 0.3) is 0 Å². The summed E-state index contributed by atoms with van der Waals surface area (Å²) in [5.74, 6) is -3.07. The Morgan fingerprint density at radius 2 is 1.00 bits per heavy atom. The third-order valence-corrected chi connectivity index (χ3v) is 1.84. The number of aromatic nitrogens is 4. The lowest BCUT2D eigenvalue weighted by Crippen LogP contribution is -2.25. The minimum atomic E-state index is -1.41. The molecule has 0 saturated carbocycles. The Hall–Kier alpha value is -3.38. The second-order valence-corrected chi connectivity index (χ2v) is 3.16. The fraction of sp³-hybridized carbons (Fsp3) is 0. The minimum Gasteiger partial charge on any atom is -0.543 e. The molecule has 0 amide bonds. The largest absolute Gasteiger partial charge is 0.543 e. The molecule has 0 saturated heterocycles. The molecule has 22 heavy (non-hydrogen) atoms. The van der Waals surface area contributed by atoms with Gasteiger partial charge in [-0.2, -0.15) is 0 Å². The lowest BCUT2D eigenvalue weighted by molar-refractivity contribution is -0.256. The molecule has 0 fully saturated rings. The standard InChI is InChI=1S/2C5H5N3O2.2H3N/c2*6-4-3(5(9)10)7-1-2-8-4;;/h2*1-2H,(H2,6,8)(H,9,10);2*1H3. The summed E-state index contributed by atoms with van der Waals surface area (Å²) in [6.07, 6.45) is 5.09. The van der Waals surface area contributed by atoms with Gasteiger partial charge in [-0.15, -0.1) is 0 Å². The first-order chi connectivity index (χ1) is 9.43. The van der Waals surface area contributed by atoms with Crippen LogP contribution in [-0.4, -0.2) is 31.9 Å². The number of aromatic carboxylic acids is 2. The van der Waals surface area contributed by atoms with Gasteiger partial charge in [-0.3, -0.25) is 0 Å². The Labute approximate surface area is 124 Å². The van der Waals surface area contributed by atoms with Crippen LogP contribution in [-0.2, 0) is 0 Å². The highest BCUT2D eigenvalue weighted by atomic mass is 16.4. The van der Waals surface area contributed by atoms with Crippen LogP contribution in [0.4, 0.5) is 11.6 Å². The van der Waals surface area contributed by atoms with Gasteiger partial charge in [0.15, 0.2) is 11.6 Å². The summed E-state index contributed by atoms with van der Waals surface area (Å²) in [6, 6.07) is 0. The summed E-state index contributed by atoms with van der Waals surface area (Å²) in [7, 11) is 0. The van der Waals surface area contributed by atoms with Crippen LogP contribution in [0.2, 0.25) is 0 Å². The van der Waals surface area contributed by atoms with Gasteiger partial charge in [-0.1, -0.05) is 0 Å². The number of anilines is 2. The topological polar surface area (TPSA) is 257 Å². The zero-order valence-corrected chi connectivity index (χ0v) is 11.9. The molecule has 0 aliphatic carbocycles. The Balaban J connectivity index is 0. The number of carboxylic acid groups (broad SMARTS) is 2. The van der Waals surface area contributed by atoms with E-state index in [1.807, 2.05) is 0 Å². The number of nitrogens with zero attached hydrogens (tertiary/aromatic N) is 4. The maximum Gasteiger partial charge on any atom is 0.151 e. The molecule has 0 unspecified atom stereocenters. The van der Waals surface area contributed by atoms with Crippen molar-refractivity contribution in [2.75, 3.05) is 11.5 Å². The summed E-state index contributed by atoms with van der Waals surface area (Å²) in [4.78, 5) is 34.1. The number of rotatable bonds is 2. The second kappa shape index (κ2) is 9.51. The van der Waals surface area contributed by atoms with Crippen molar-refractivity contribution in [3.63, 3.8) is 0 Å². The van der Waals surface area contributed by atoms with Crippen LogP contribution >= 0.6 is 0 Å². The van der Waals surface area contributed by atoms with Gasteiger partial charge in [-0.05, 0) is 0 Å². The van der Waals surface area contributed by atoms with Crippen molar-refractivity contribution in [1.29, 1.82) is 0 Å². The highest BCUT2D eigenvalue weighted by Crippen LogP contribution is 2.00. The lowest BCUT2D eigenvalue weighted by atomic mass is 10.4. The highest BCUT2D eigenvalue weighted by Gasteiger charge is 1.99. The van der Waals surface area contributed by atoms with Crippen molar-refractivity contribution in [2.45, 2.75) is 0 Å². The third-order valence-electron chi connectivity index (χ3n) is 1.84. The van der Waals surface area contributed by atoms with E-state index < -0.39 is 11.9 Å². The first-order valence-electron chi connectivity index (χ1n) is 4.99. The number of nitrogens with two attached hydrogens (primary N) is 2. The molecule has 2 heterocycles. The number of carbonyl (C=O) groups is 2. The summed E-state index contributed by atoms with van der Waals surface area (Å²) in [6.45, 7) is 0. The fourth-order valence-electron chi connectivity index (χ4n) is 1.01. The predicted molar refractivity (Wildman–Crippen MR) is 73.5 cm³/mol. The first-order valence-corrected chi connectivity index (χ1v) is 4.99. The Morgan fingerprint density at radius 3 is 1.18 bits per heavy atom. The SMILES string of the molecule is Nc1nccnc1C(=O)[O-].Nc1nccnc1C(=O)[O-].[NH4+].[NH4+]. The fourth-order valence-corrected chi connectivity index (χ4v) is 1.01. The molecular weight excluding hydrogens is 296 g/mol. The summed E-state index contributed by atoms with van der Waals surface area (Å²) in [5.41, 5.74) is 9.62. The monoisotopic (exact) mass is 312 g/mol. The van der Waals surface area contributed by atoms with Crippen molar-refractivity contribution < 1.29 is 19.8 Å². The van der Waals surface area contributed by atoms with E-state index in [2.05, 4.69) is 19.9 Å². The van der Waals surface area contributed by atoms with E-state index in [1.54, 1.807) is 0 Å². The normalized spacial score (nSPS) is 8.36. The van der Waals surface area contributed by atoms with Crippen molar-refractivity contribution in [1.82, 2.24) is 32.2 Å². The van der Waals surface area contributed by atoms with E-state index in [9.17, 15) is 19.8 Å². The smallest absolute Gasteiger partial charge is 0.151 e. The van der Waals surface area contributed by atoms with Gasteiger partial charge in [-0.25, -0.2) is 19.9 Å². The van der Waals surface area contributed by atoms with Crippen LogP contribution < -0.4 is 34.0 Å². The van der Waals surface area contributed by atoms with Crippen LogP contribution in [0.25, 0.3) is 0 Å². The molecule has 2 aromatic heterocycles.